The van der Waals surface area contributed by atoms with Crippen LogP contribution in [0.5, 0.6) is 0 Å². The van der Waals surface area contributed by atoms with Crippen molar-refractivity contribution in [2.45, 2.75) is 44.2 Å². The quantitative estimate of drug-likeness (QED) is 0.661. The molecular formula is C13H18O2. The number of allylic oxidation sites excluding steroid dienone is 3. The number of fused-ring (bicyclic) bond motifs is 1. The van der Waals surface area contributed by atoms with Crippen molar-refractivity contribution in [1.29, 1.82) is 0 Å². The van der Waals surface area contributed by atoms with Crippen LogP contribution in [0.4, 0.5) is 0 Å². The van der Waals surface area contributed by atoms with Gasteiger partial charge in [-0.15, -0.1) is 6.58 Å². The van der Waals surface area contributed by atoms with Crippen molar-refractivity contribution < 1.29 is 9.47 Å². The average molecular weight is 206 g/mol. The van der Waals surface area contributed by atoms with Crippen LogP contribution in [0.3, 0.4) is 0 Å². The fourth-order valence-corrected chi connectivity index (χ4v) is 2.26. The molecule has 2 aliphatic rings. The molecule has 0 aromatic carbocycles. The summed E-state index contributed by atoms with van der Waals surface area (Å²) in [5.74, 6) is -0.495. The number of hydrogen-bond acceptors (Lipinski definition) is 2. The van der Waals surface area contributed by atoms with Crippen molar-refractivity contribution >= 4 is 0 Å². The Morgan fingerprint density at radius 1 is 1.40 bits per heavy atom. The third-order valence-corrected chi connectivity index (χ3v) is 2.84. The maximum atomic E-state index is 6.03. The van der Waals surface area contributed by atoms with E-state index in [0.717, 1.165) is 12.8 Å². The highest BCUT2D eigenvalue weighted by atomic mass is 16.8. The van der Waals surface area contributed by atoms with Gasteiger partial charge in [-0.2, -0.15) is 0 Å². The Labute approximate surface area is 91.3 Å². The molecule has 82 valence electrons. The van der Waals surface area contributed by atoms with Gasteiger partial charge in [0.2, 0.25) is 0 Å². The third kappa shape index (κ3) is 1.92. The van der Waals surface area contributed by atoms with Gasteiger partial charge in [0.25, 0.3) is 0 Å². The highest BCUT2D eigenvalue weighted by Gasteiger charge is 2.50. The normalized spacial score (nSPS) is 36.5. The average Bonchev–Trinajstić information content (AvgIpc) is 2.45. The molecule has 0 bridgehead atoms. The van der Waals surface area contributed by atoms with E-state index in [1.165, 1.54) is 0 Å². The molecule has 0 radical (unpaired) electrons. The number of rotatable bonds is 3. The van der Waals surface area contributed by atoms with Crippen molar-refractivity contribution in [2.24, 2.45) is 0 Å². The van der Waals surface area contributed by atoms with E-state index in [1.807, 2.05) is 32.1 Å². The van der Waals surface area contributed by atoms with Crippen LogP contribution >= 0.6 is 0 Å². The lowest BCUT2D eigenvalue weighted by atomic mass is 9.88. The molecule has 1 aliphatic heterocycles. The topological polar surface area (TPSA) is 18.5 Å². The smallest absolute Gasteiger partial charge is 0.165 e. The van der Waals surface area contributed by atoms with Crippen LogP contribution in [-0.4, -0.2) is 17.5 Å². The predicted molar refractivity (Wildman–Crippen MR) is 60.5 cm³/mol. The predicted octanol–water partition coefficient (Wildman–Crippen LogP) is 2.97. The van der Waals surface area contributed by atoms with Gasteiger partial charge < -0.3 is 9.47 Å². The second-order valence-electron chi connectivity index (χ2n) is 4.57. The maximum absolute atomic E-state index is 6.03. The van der Waals surface area contributed by atoms with Gasteiger partial charge in [-0.1, -0.05) is 24.3 Å². The summed E-state index contributed by atoms with van der Waals surface area (Å²) in [5, 5.41) is 0. The number of hydrogen-bond donors (Lipinski definition) is 0. The van der Waals surface area contributed by atoms with Crippen LogP contribution < -0.4 is 0 Å². The molecule has 1 saturated heterocycles. The molecule has 0 N–H and O–H groups in total. The van der Waals surface area contributed by atoms with Gasteiger partial charge in [-0.3, -0.25) is 0 Å². The summed E-state index contributed by atoms with van der Waals surface area (Å²) >= 11 is 0. The second kappa shape index (κ2) is 3.62. The Balaban J connectivity index is 2.22. The summed E-state index contributed by atoms with van der Waals surface area (Å²) in [6, 6.07) is 0. The fraction of sp³-hybridized carbons (Fsp3) is 0.538. The van der Waals surface area contributed by atoms with Gasteiger partial charge in [0, 0.05) is 0 Å². The van der Waals surface area contributed by atoms with Crippen molar-refractivity contribution in [3.8, 4) is 0 Å². The largest absolute Gasteiger partial charge is 0.340 e. The lowest BCUT2D eigenvalue weighted by Gasteiger charge is -2.30. The molecule has 2 atom stereocenters. The SMILES string of the molecule is C=CCC[C@]12C=CC=C[C@H]1OC(C)(C)O2. The zero-order valence-electron chi connectivity index (χ0n) is 9.40. The van der Waals surface area contributed by atoms with Gasteiger partial charge in [0.05, 0.1) is 0 Å². The van der Waals surface area contributed by atoms with E-state index in [9.17, 15) is 0 Å². The van der Waals surface area contributed by atoms with Gasteiger partial charge in [0.15, 0.2) is 5.79 Å². The maximum Gasteiger partial charge on any atom is 0.165 e. The zero-order chi connectivity index (χ0) is 10.9. The molecule has 0 aromatic heterocycles. The standard InChI is InChI=1S/C13H18O2/c1-4-5-9-13-10-7-6-8-11(13)14-12(2,3)15-13/h4,6-8,10-11H,1,5,9H2,2-3H3/t11-,13+/m1/s1. The first-order chi connectivity index (χ1) is 7.08. The van der Waals surface area contributed by atoms with E-state index in [1.54, 1.807) is 0 Å². The summed E-state index contributed by atoms with van der Waals surface area (Å²) in [5.41, 5.74) is -0.285. The molecule has 0 amide bonds. The van der Waals surface area contributed by atoms with Crippen molar-refractivity contribution in [2.75, 3.05) is 0 Å². The minimum absolute atomic E-state index is 0.0393. The molecule has 0 unspecified atom stereocenters. The monoisotopic (exact) mass is 206 g/mol. The van der Waals surface area contributed by atoms with Gasteiger partial charge in [0.1, 0.15) is 11.7 Å². The Morgan fingerprint density at radius 2 is 2.20 bits per heavy atom. The lowest BCUT2D eigenvalue weighted by molar-refractivity contribution is -0.154. The Morgan fingerprint density at radius 3 is 2.93 bits per heavy atom. The van der Waals surface area contributed by atoms with Gasteiger partial charge in [-0.05, 0) is 32.8 Å². The van der Waals surface area contributed by atoms with Crippen LogP contribution in [0.25, 0.3) is 0 Å². The minimum Gasteiger partial charge on any atom is -0.340 e. The van der Waals surface area contributed by atoms with Crippen molar-refractivity contribution in [1.82, 2.24) is 0 Å². The van der Waals surface area contributed by atoms with Crippen LogP contribution in [-0.2, 0) is 9.47 Å². The first kappa shape index (κ1) is 10.7. The summed E-state index contributed by atoms with van der Waals surface area (Å²) in [6.45, 7) is 7.68. The van der Waals surface area contributed by atoms with Crippen LogP contribution in [0.15, 0.2) is 37.0 Å². The Kier molecular flexibility index (Phi) is 2.57. The highest BCUT2D eigenvalue weighted by molar-refractivity contribution is 5.26. The summed E-state index contributed by atoms with van der Waals surface area (Å²) < 4.78 is 11.9. The summed E-state index contributed by atoms with van der Waals surface area (Å²) in [4.78, 5) is 0. The van der Waals surface area contributed by atoms with Crippen molar-refractivity contribution in [3.05, 3.63) is 37.0 Å². The molecular weight excluding hydrogens is 188 g/mol. The second-order valence-corrected chi connectivity index (χ2v) is 4.57. The first-order valence-electron chi connectivity index (χ1n) is 5.43. The molecule has 2 nitrogen and oxygen atoms in total. The number of ether oxygens (including phenoxy) is 2. The van der Waals surface area contributed by atoms with E-state index in [0.29, 0.717) is 0 Å². The lowest BCUT2D eigenvalue weighted by Crippen LogP contribution is -2.38. The van der Waals surface area contributed by atoms with Crippen LogP contribution in [0, 0.1) is 0 Å². The van der Waals surface area contributed by atoms with Crippen LogP contribution in [0.1, 0.15) is 26.7 Å². The fourth-order valence-electron chi connectivity index (χ4n) is 2.26. The molecule has 0 saturated carbocycles. The van der Waals surface area contributed by atoms with E-state index < -0.39 is 5.79 Å². The van der Waals surface area contributed by atoms with E-state index in [-0.39, 0.29) is 11.7 Å². The highest BCUT2D eigenvalue weighted by Crippen LogP contribution is 2.42. The molecule has 0 spiro atoms. The van der Waals surface area contributed by atoms with E-state index in [2.05, 4.69) is 18.7 Å². The van der Waals surface area contributed by atoms with E-state index >= 15 is 0 Å². The summed E-state index contributed by atoms with van der Waals surface area (Å²) in [7, 11) is 0. The van der Waals surface area contributed by atoms with Crippen molar-refractivity contribution in [3.63, 3.8) is 0 Å². The minimum atomic E-state index is -0.495. The molecule has 0 aromatic rings. The zero-order valence-corrected chi connectivity index (χ0v) is 9.40. The Hall–Kier alpha value is -0.860. The molecule has 15 heavy (non-hydrogen) atoms. The Bertz CT molecular complexity index is 314. The summed E-state index contributed by atoms with van der Waals surface area (Å²) in [6.07, 6.45) is 12.0. The molecule has 1 fully saturated rings. The molecule has 1 aliphatic carbocycles. The van der Waals surface area contributed by atoms with E-state index in [4.69, 9.17) is 9.47 Å². The van der Waals surface area contributed by atoms with Gasteiger partial charge >= 0.3 is 0 Å². The van der Waals surface area contributed by atoms with Gasteiger partial charge in [-0.25, -0.2) is 0 Å². The first-order valence-corrected chi connectivity index (χ1v) is 5.43. The van der Waals surface area contributed by atoms with Crippen LogP contribution in [0.2, 0.25) is 0 Å². The molecule has 2 rings (SSSR count). The molecule has 2 heteroatoms. The molecule has 1 heterocycles. The third-order valence-electron chi connectivity index (χ3n) is 2.84.